The number of rotatable bonds is 2. The van der Waals surface area contributed by atoms with Crippen LogP contribution in [-0.2, 0) is 0 Å². The van der Waals surface area contributed by atoms with Crippen LogP contribution in [0.15, 0.2) is 30.3 Å². The molecule has 2 nitrogen and oxygen atoms in total. The molecule has 0 fully saturated rings. The molecule has 1 unspecified atom stereocenters. The second kappa shape index (κ2) is 3.03. The largest absolute Gasteiger partial charge is 0.628 e. The van der Waals surface area contributed by atoms with Gasteiger partial charge in [-0.2, -0.15) is 0 Å². The fraction of sp³-hybridized carbons (Fsp3) is 0.333. The van der Waals surface area contributed by atoms with Crippen molar-refractivity contribution < 1.29 is 0 Å². The summed E-state index contributed by atoms with van der Waals surface area (Å²) in [6, 6.07) is 9.41. The maximum Gasteiger partial charge on any atom is 0.132 e. The number of benzene rings is 1. The van der Waals surface area contributed by atoms with Crippen LogP contribution in [0.4, 0.5) is 5.69 Å². The Morgan fingerprint density at radius 2 is 1.82 bits per heavy atom. The van der Waals surface area contributed by atoms with Gasteiger partial charge in [0.15, 0.2) is 0 Å². The molecule has 0 aliphatic carbocycles. The average Bonchev–Trinajstić information content (AvgIpc) is 2.06. The Morgan fingerprint density at radius 3 is 2.27 bits per heavy atom. The molecule has 1 aromatic rings. The van der Waals surface area contributed by atoms with E-state index in [4.69, 9.17) is 0 Å². The van der Waals surface area contributed by atoms with Gasteiger partial charge in [0, 0.05) is 0 Å². The van der Waals surface area contributed by atoms with E-state index in [1.807, 2.05) is 37.3 Å². The number of para-hydroxylation sites is 1. The van der Waals surface area contributed by atoms with Crippen molar-refractivity contribution >= 4 is 5.69 Å². The minimum atomic E-state index is -0.291. The summed E-state index contributed by atoms with van der Waals surface area (Å²) < 4.78 is -0.291. The van der Waals surface area contributed by atoms with E-state index in [2.05, 4.69) is 0 Å². The maximum absolute atomic E-state index is 11.6. The summed E-state index contributed by atoms with van der Waals surface area (Å²) in [5.74, 6) is 0. The van der Waals surface area contributed by atoms with Gasteiger partial charge in [0.25, 0.3) is 0 Å². The highest BCUT2D eigenvalue weighted by molar-refractivity contribution is 5.42. The van der Waals surface area contributed by atoms with Crippen LogP contribution < -0.4 is 4.65 Å². The van der Waals surface area contributed by atoms with Crippen LogP contribution in [0.25, 0.3) is 0 Å². The predicted octanol–water partition coefficient (Wildman–Crippen LogP) is 2.14. The lowest BCUT2D eigenvalue weighted by Gasteiger charge is -2.36. The first-order chi connectivity index (χ1) is 5.17. The number of hydrogen-bond donors (Lipinski definition) is 0. The Hall–Kier alpha value is -0.860. The lowest BCUT2D eigenvalue weighted by atomic mass is 10.3. The fourth-order valence-electron chi connectivity index (χ4n) is 0.926. The van der Waals surface area contributed by atoms with Crippen molar-refractivity contribution in [2.24, 2.45) is 0 Å². The van der Waals surface area contributed by atoms with Crippen molar-refractivity contribution in [2.45, 2.75) is 6.92 Å². The Labute approximate surface area is 67.2 Å². The summed E-state index contributed by atoms with van der Waals surface area (Å²) in [7, 11) is 1.66. The fourth-order valence-corrected chi connectivity index (χ4v) is 0.926. The molecule has 1 aromatic carbocycles. The summed E-state index contributed by atoms with van der Waals surface area (Å²) in [5.41, 5.74) is 0.815. The van der Waals surface area contributed by atoms with Crippen LogP contribution in [0, 0.1) is 5.21 Å². The summed E-state index contributed by atoms with van der Waals surface area (Å²) in [6.45, 7) is 2.46. The lowest BCUT2D eigenvalue weighted by Crippen LogP contribution is -2.37. The van der Waals surface area contributed by atoms with Crippen molar-refractivity contribution in [1.82, 2.24) is 4.65 Å². The Balaban J connectivity index is 2.93. The first kappa shape index (κ1) is 8.24. The molecule has 0 aliphatic heterocycles. The van der Waals surface area contributed by atoms with E-state index in [1.54, 1.807) is 7.05 Å². The van der Waals surface area contributed by atoms with E-state index < -0.39 is 0 Å². The van der Waals surface area contributed by atoms with Gasteiger partial charge < -0.3 is 9.85 Å². The number of hydroxylamine groups is 2. The van der Waals surface area contributed by atoms with E-state index in [9.17, 15) is 5.21 Å². The van der Waals surface area contributed by atoms with Crippen molar-refractivity contribution in [3.8, 4) is 0 Å². The Bertz CT molecular complexity index is 218. The Kier molecular flexibility index (Phi) is 2.27. The molecule has 0 saturated carbocycles. The van der Waals surface area contributed by atoms with Crippen LogP contribution in [0.2, 0.25) is 0 Å². The highest BCUT2D eigenvalue weighted by Gasteiger charge is 2.08. The molecule has 0 bridgehead atoms. The molecule has 1 atom stereocenters. The molecule has 0 aromatic heterocycles. The standard InChI is InChI=1S/C9H13NO/c1-3-10(2,11)9-7-5-4-6-8-9/h4-8H,3H2,1-2H3. The zero-order chi connectivity index (χ0) is 8.32. The van der Waals surface area contributed by atoms with Gasteiger partial charge in [0.1, 0.15) is 5.69 Å². The monoisotopic (exact) mass is 151 g/mol. The van der Waals surface area contributed by atoms with Gasteiger partial charge in [0.2, 0.25) is 0 Å². The Morgan fingerprint density at radius 1 is 1.27 bits per heavy atom. The smallest absolute Gasteiger partial charge is 0.132 e. The molecule has 0 radical (unpaired) electrons. The van der Waals surface area contributed by atoms with Gasteiger partial charge in [-0.1, -0.05) is 18.2 Å². The second-order valence-corrected chi connectivity index (χ2v) is 2.75. The minimum Gasteiger partial charge on any atom is -0.628 e. The van der Waals surface area contributed by atoms with Gasteiger partial charge in [-0.3, -0.25) is 0 Å². The van der Waals surface area contributed by atoms with Gasteiger partial charge in [-0.25, -0.2) is 0 Å². The molecule has 0 amide bonds. The SMILES string of the molecule is CC[N+](C)([O-])c1ccccc1. The van der Waals surface area contributed by atoms with Crippen molar-refractivity contribution in [3.05, 3.63) is 35.5 Å². The number of hydrogen-bond acceptors (Lipinski definition) is 1. The highest BCUT2D eigenvalue weighted by Crippen LogP contribution is 2.17. The van der Waals surface area contributed by atoms with Gasteiger partial charge in [-0.05, 0) is 19.1 Å². The maximum atomic E-state index is 11.6. The molecular formula is C9H13NO. The molecule has 0 saturated heterocycles. The lowest BCUT2D eigenvalue weighted by molar-refractivity contribution is 0.470. The molecule has 11 heavy (non-hydrogen) atoms. The molecule has 1 rings (SSSR count). The van der Waals surface area contributed by atoms with E-state index >= 15 is 0 Å². The van der Waals surface area contributed by atoms with Crippen LogP contribution in [0.3, 0.4) is 0 Å². The topological polar surface area (TPSA) is 23.1 Å². The highest BCUT2D eigenvalue weighted by atomic mass is 16.5. The van der Waals surface area contributed by atoms with Crippen molar-refractivity contribution in [3.63, 3.8) is 0 Å². The second-order valence-electron chi connectivity index (χ2n) is 2.75. The van der Waals surface area contributed by atoms with Crippen LogP contribution in [0.1, 0.15) is 6.92 Å². The van der Waals surface area contributed by atoms with E-state index in [1.165, 1.54) is 0 Å². The summed E-state index contributed by atoms with van der Waals surface area (Å²) in [6.07, 6.45) is 0. The van der Waals surface area contributed by atoms with Crippen LogP contribution in [0.5, 0.6) is 0 Å². The quantitative estimate of drug-likeness (QED) is 0.469. The molecule has 0 N–H and O–H groups in total. The van der Waals surface area contributed by atoms with Gasteiger partial charge >= 0.3 is 0 Å². The third-order valence-electron chi connectivity index (χ3n) is 1.91. The van der Waals surface area contributed by atoms with Crippen molar-refractivity contribution in [1.29, 1.82) is 0 Å². The normalized spacial score (nSPS) is 15.9. The zero-order valence-corrected chi connectivity index (χ0v) is 6.95. The first-order valence-electron chi connectivity index (χ1n) is 3.79. The molecule has 60 valence electrons. The van der Waals surface area contributed by atoms with E-state index in [0.717, 1.165) is 5.69 Å². The third-order valence-corrected chi connectivity index (χ3v) is 1.91. The number of quaternary nitrogens is 1. The molecule has 2 heteroatoms. The minimum absolute atomic E-state index is 0.291. The van der Waals surface area contributed by atoms with Gasteiger partial charge in [0.05, 0.1) is 13.6 Å². The molecule has 0 aliphatic rings. The zero-order valence-electron chi connectivity index (χ0n) is 6.95. The summed E-state index contributed by atoms with van der Waals surface area (Å²) >= 11 is 0. The molecule has 0 spiro atoms. The van der Waals surface area contributed by atoms with E-state index in [0.29, 0.717) is 6.54 Å². The van der Waals surface area contributed by atoms with Crippen LogP contribution in [-0.4, -0.2) is 13.6 Å². The third kappa shape index (κ3) is 1.79. The molecular weight excluding hydrogens is 138 g/mol. The number of nitrogens with zero attached hydrogens (tertiary/aromatic N) is 1. The van der Waals surface area contributed by atoms with Crippen molar-refractivity contribution in [2.75, 3.05) is 13.6 Å². The first-order valence-corrected chi connectivity index (χ1v) is 3.79. The van der Waals surface area contributed by atoms with E-state index in [-0.39, 0.29) is 4.65 Å². The average molecular weight is 151 g/mol. The summed E-state index contributed by atoms with van der Waals surface area (Å²) in [5, 5.41) is 11.6. The summed E-state index contributed by atoms with van der Waals surface area (Å²) in [4.78, 5) is 0. The predicted molar refractivity (Wildman–Crippen MR) is 48.1 cm³/mol. The van der Waals surface area contributed by atoms with Gasteiger partial charge in [-0.15, -0.1) is 0 Å². The van der Waals surface area contributed by atoms with Crippen LogP contribution >= 0.6 is 0 Å². The molecule has 0 heterocycles.